The van der Waals surface area contributed by atoms with Crippen LogP contribution in [0.2, 0.25) is 0 Å². The molecule has 11 nitrogen and oxygen atoms in total. The van der Waals surface area contributed by atoms with Gasteiger partial charge in [0.2, 0.25) is 17.7 Å². The smallest absolute Gasteiger partial charge is 0.326 e. The van der Waals surface area contributed by atoms with E-state index >= 15 is 0 Å². The van der Waals surface area contributed by atoms with E-state index in [-0.39, 0.29) is 12.3 Å². The standard InChI is InChI=1S/C26H37N5O6/c1-4-14(2)22(25(35)31-11-7-10-20(31)26(36)37)30-23(33)19(29-24(34)21(27)15(3)32)12-16-13-28-18-9-6-5-8-17(16)18/h5-6,8-9,13-15,19-22,28,32H,4,7,10-12,27H2,1-3H3,(H,29,34)(H,30,33)(H,36,37). The Bertz CT molecular complexity index is 1130. The number of hydrogen-bond donors (Lipinski definition) is 6. The summed E-state index contributed by atoms with van der Waals surface area (Å²) in [4.78, 5) is 55.8. The summed E-state index contributed by atoms with van der Waals surface area (Å²) in [5.41, 5.74) is 7.44. The highest BCUT2D eigenvalue weighted by Crippen LogP contribution is 2.22. The number of likely N-dealkylation sites (tertiary alicyclic amines) is 1. The summed E-state index contributed by atoms with van der Waals surface area (Å²) in [5.74, 6) is -3.11. The van der Waals surface area contributed by atoms with E-state index in [0.717, 1.165) is 16.5 Å². The monoisotopic (exact) mass is 515 g/mol. The Hall–Kier alpha value is -3.44. The van der Waals surface area contributed by atoms with Crippen molar-refractivity contribution in [3.63, 3.8) is 0 Å². The Kier molecular flexibility index (Phi) is 9.28. The van der Waals surface area contributed by atoms with Crippen molar-refractivity contribution >= 4 is 34.6 Å². The van der Waals surface area contributed by atoms with Crippen molar-refractivity contribution in [3.05, 3.63) is 36.0 Å². The highest BCUT2D eigenvalue weighted by atomic mass is 16.4. The van der Waals surface area contributed by atoms with E-state index in [1.54, 1.807) is 6.20 Å². The van der Waals surface area contributed by atoms with E-state index in [0.29, 0.717) is 25.8 Å². The van der Waals surface area contributed by atoms with Gasteiger partial charge in [-0.2, -0.15) is 0 Å². The van der Waals surface area contributed by atoms with E-state index in [4.69, 9.17) is 5.73 Å². The first-order chi connectivity index (χ1) is 17.5. The lowest BCUT2D eigenvalue weighted by Gasteiger charge is -2.31. The van der Waals surface area contributed by atoms with E-state index in [9.17, 15) is 29.4 Å². The number of H-pyrrole nitrogens is 1. The number of amides is 3. The molecule has 7 N–H and O–H groups in total. The van der Waals surface area contributed by atoms with Gasteiger partial charge in [0.1, 0.15) is 24.2 Å². The van der Waals surface area contributed by atoms with Crippen LogP contribution in [0.1, 0.15) is 45.6 Å². The molecule has 1 fully saturated rings. The Morgan fingerprint density at radius 3 is 2.51 bits per heavy atom. The summed E-state index contributed by atoms with van der Waals surface area (Å²) in [6, 6.07) is 3.29. The second-order valence-electron chi connectivity index (χ2n) is 9.79. The second-order valence-corrected chi connectivity index (χ2v) is 9.79. The number of aliphatic hydroxyl groups is 1. The molecule has 0 aliphatic carbocycles. The summed E-state index contributed by atoms with van der Waals surface area (Å²) < 4.78 is 0. The zero-order valence-corrected chi connectivity index (χ0v) is 21.4. The number of para-hydroxylation sites is 1. The number of hydrogen-bond acceptors (Lipinski definition) is 6. The van der Waals surface area contributed by atoms with Crippen molar-refractivity contribution in [1.29, 1.82) is 0 Å². The minimum Gasteiger partial charge on any atom is -0.480 e. The first-order valence-corrected chi connectivity index (χ1v) is 12.7. The largest absolute Gasteiger partial charge is 0.480 e. The van der Waals surface area contributed by atoms with Gasteiger partial charge in [-0.15, -0.1) is 0 Å². The Labute approximate surface area is 215 Å². The van der Waals surface area contributed by atoms with Gasteiger partial charge in [-0.3, -0.25) is 14.4 Å². The van der Waals surface area contributed by atoms with Crippen LogP contribution in [0.3, 0.4) is 0 Å². The summed E-state index contributed by atoms with van der Waals surface area (Å²) in [7, 11) is 0. The Morgan fingerprint density at radius 2 is 1.86 bits per heavy atom. The first-order valence-electron chi connectivity index (χ1n) is 12.7. The number of nitrogens with two attached hydrogens (primary N) is 1. The lowest BCUT2D eigenvalue weighted by Crippen LogP contribution is -2.59. The van der Waals surface area contributed by atoms with E-state index in [1.807, 2.05) is 38.1 Å². The molecule has 3 amide bonds. The molecule has 0 spiro atoms. The number of carboxylic acid groups (broad SMARTS) is 1. The highest BCUT2D eigenvalue weighted by molar-refractivity contribution is 5.95. The first kappa shape index (κ1) is 28.1. The van der Waals surface area contributed by atoms with E-state index < -0.39 is 54.0 Å². The van der Waals surface area contributed by atoms with Crippen molar-refractivity contribution < 1.29 is 29.4 Å². The number of fused-ring (bicyclic) bond motifs is 1. The van der Waals surface area contributed by atoms with Gasteiger partial charge >= 0.3 is 5.97 Å². The van der Waals surface area contributed by atoms with Gasteiger partial charge in [-0.05, 0) is 37.3 Å². The molecule has 1 aliphatic rings. The molecule has 2 heterocycles. The number of carbonyl (C=O) groups is 4. The Balaban J connectivity index is 1.87. The number of aliphatic carboxylic acids is 1. The zero-order chi connectivity index (χ0) is 27.3. The molecule has 1 aromatic carbocycles. The zero-order valence-electron chi connectivity index (χ0n) is 21.4. The fraction of sp³-hybridized carbons (Fsp3) is 0.538. The number of aliphatic hydroxyl groups excluding tert-OH is 1. The molecule has 0 bridgehead atoms. The topological polar surface area (TPSA) is 178 Å². The predicted molar refractivity (Wildman–Crippen MR) is 137 cm³/mol. The average Bonchev–Trinajstić information content (AvgIpc) is 3.53. The number of nitrogens with one attached hydrogen (secondary N) is 3. The molecular weight excluding hydrogens is 478 g/mol. The van der Waals surface area contributed by atoms with Crippen LogP contribution in [0.5, 0.6) is 0 Å². The number of aromatic amines is 1. The third-order valence-electron chi connectivity index (χ3n) is 7.15. The van der Waals surface area contributed by atoms with Crippen molar-refractivity contribution in [2.24, 2.45) is 11.7 Å². The SMILES string of the molecule is CCC(C)C(NC(=O)C(Cc1c[nH]c2ccccc12)NC(=O)C(N)C(C)O)C(=O)N1CCCC1C(=O)O. The van der Waals surface area contributed by atoms with Gasteiger partial charge in [-0.1, -0.05) is 38.5 Å². The van der Waals surface area contributed by atoms with Gasteiger partial charge in [0.25, 0.3) is 0 Å². The summed E-state index contributed by atoms with van der Waals surface area (Å²) in [6.07, 6.45) is 2.23. The number of carboxylic acids is 1. The fourth-order valence-corrected chi connectivity index (χ4v) is 4.62. The minimum absolute atomic E-state index is 0.108. The lowest BCUT2D eigenvalue weighted by molar-refractivity contribution is -0.150. The van der Waals surface area contributed by atoms with Crippen LogP contribution in [-0.2, 0) is 25.6 Å². The molecule has 202 valence electrons. The third-order valence-corrected chi connectivity index (χ3v) is 7.15. The van der Waals surface area contributed by atoms with Crippen LogP contribution in [0.4, 0.5) is 0 Å². The molecule has 11 heteroatoms. The summed E-state index contributed by atoms with van der Waals surface area (Å²) in [6.45, 7) is 5.37. The number of rotatable bonds is 11. The highest BCUT2D eigenvalue weighted by Gasteiger charge is 2.40. The Morgan fingerprint density at radius 1 is 1.16 bits per heavy atom. The average molecular weight is 516 g/mol. The molecule has 0 saturated carbocycles. The molecule has 0 radical (unpaired) electrons. The van der Waals surface area contributed by atoms with Crippen LogP contribution >= 0.6 is 0 Å². The van der Waals surface area contributed by atoms with Gasteiger partial charge in [0, 0.05) is 30.1 Å². The van der Waals surface area contributed by atoms with Crippen molar-refractivity contribution in [3.8, 4) is 0 Å². The molecule has 37 heavy (non-hydrogen) atoms. The molecule has 3 rings (SSSR count). The normalized spacial score (nSPS) is 19.6. The number of carbonyl (C=O) groups excluding carboxylic acids is 3. The van der Waals surface area contributed by atoms with Gasteiger partial charge in [-0.25, -0.2) is 4.79 Å². The van der Waals surface area contributed by atoms with Gasteiger partial charge in [0.15, 0.2) is 0 Å². The van der Waals surface area contributed by atoms with E-state index in [2.05, 4.69) is 15.6 Å². The maximum atomic E-state index is 13.6. The summed E-state index contributed by atoms with van der Waals surface area (Å²) >= 11 is 0. The number of nitrogens with zero attached hydrogens (tertiary/aromatic N) is 1. The molecule has 2 aromatic rings. The number of aromatic nitrogens is 1. The fourth-order valence-electron chi connectivity index (χ4n) is 4.62. The molecule has 6 atom stereocenters. The lowest BCUT2D eigenvalue weighted by atomic mass is 9.96. The molecule has 1 aliphatic heterocycles. The van der Waals surface area contributed by atoms with Gasteiger partial charge < -0.3 is 36.5 Å². The van der Waals surface area contributed by atoms with Crippen LogP contribution in [0.15, 0.2) is 30.5 Å². The molecule has 1 aromatic heterocycles. The second kappa shape index (κ2) is 12.2. The molecular formula is C26H37N5O6. The minimum atomic E-state index is -1.24. The van der Waals surface area contributed by atoms with Crippen molar-refractivity contribution in [2.75, 3.05) is 6.54 Å². The predicted octanol–water partition coefficient (Wildman–Crippen LogP) is 0.510. The van der Waals surface area contributed by atoms with Crippen LogP contribution < -0.4 is 16.4 Å². The van der Waals surface area contributed by atoms with Crippen LogP contribution in [0, 0.1) is 5.92 Å². The van der Waals surface area contributed by atoms with Crippen LogP contribution in [0.25, 0.3) is 10.9 Å². The molecule has 1 saturated heterocycles. The third kappa shape index (κ3) is 6.47. The summed E-state index contributed by atoms with van der Waals surface area (Å²) in [5, 5.41) is 25.6. The van der Waals surface area contributed by atoms with Crippen molar-refractivity contribution in [1.82, 2.24) is 20.5 Å². The maximum Gasteiger partial charge on any atom is 0.326 e. The molecule has 6 unspecified atom stereocenters. The van der Waals surface area contributed by atoms with E-state index in [1.165, 1.54) is 11.8 Å². The quantitative estimate of drug-likeness (QED) is 0.252. The number of benzene rings is 1. The maximum absolute atomic E-state index is 13.6. The van der Waals surface area contributed by atoms with Crippen LogP contribution in [-0.4, -0.2) is 80.6 Å². The van der Waals surface area contributed by atoms with Crippen molar-refractivity contribution in [2.45, 2.75) is 76.7 Å². The van der Waals surface area contributed by atoms with Gasteiger partial charge in [0.05, 0.1) is 6.10 Å².